The van der Waals surface area contributed by atoms with Gasteiger partial charge in [0.1, 0.15) is 6.10 Å². The van der Waals surface area contributed by atoms with Crippen molar-refractivity contribution in [1.82, 2.24) is 9.97 Å². The number of nitrogens with zero attached hydrogens (tertiary/aromatic N) is 2. The molecule has 0 amide bonds. The van der Waals surface area contributed by atoms with Gasteiger partial charge in [0.05, 0.1) is 23.5 Å². The molecule has 0 aliphatic carbocycles. The Balaban J connectivity index is 1.72. The van der Waals surface area contributed by atoms with Gasteiger partial charge in [0.2, 0.25) is 11.0 Å². The van der Waals surface area contributed by atoms with E-state index in [2.05, 4.69) is 9.97 Å². The molecule has 98 valence electrons. The van der Waals surface area contributed by atoms with Gasteiger partial charge >= 0.3 is 0 Å². The summed E-state index contributed by atoms with van der Waals surface area (Å²) in [4.78, 5) is 8.03. The van der Waals surface area contributed by atoms with E-state index in [0.717, 1.165) is 6.42 Å². The number of ether oxygens (including phenoxy) is 3. The summed E-state index contributed by atoms with van der Waals surface area (Å²) < 4.78 is 28.2. The third kappa shape index (κ3) is 2.25. The SMILES string of the molecule is CS(=O)c1nccc(O[C@H]2COC3CCOC32)n1. The molecule has 0 N–H and O–H groups in total. The largest absolute Gasteiger partial charge is 0.469 e. The standard InChI is InChI=1S/C11H14N2O4S/c1-18(14)11-12-4-2-9(13-11)17-8-6-16-7-3-5-15-10(7)8/h2,4,7-8,10H,3,5-6H2,1H3/t7?,8-,10?,18?/m0/s1. The molecule has 0 aromatic carbocycles. The van der Waals surface area contributed by atoms with E-state index in [1.807, 2.05) is 0 Å². The highest BCUT2D eigenvalue weighted by Crippen LogP contribution is 2.28. The summed E-state index contributed by atoms with van der Waals surface area (Å²) in [5.74, 6) is 0.417. The van der Waals surface area contributed by atoms with Gasteiger partial charge in [-0.3, -0.25) is 4.21 Å². The van der Waals surface area contributed by atoms with Crippen LogP contribution in [0.15, 0.2) is 17.4 Å². The number of fused-ring (bicyclic) bond motifs is 1. The summed E-state index contributed by atoms with van der Waals surface area (Å²) in [6.07, 6.45) is 3.96. The second kappa shape index (κ2) is 4.91. The number of aromatic nitrogens is 2. The number of hydrogen-bond acceptors (Lipinski definition) is 6. The normalized spacial score (nSPS) is 32.2. The summed E-state index contributed by atoms with van der Waals surface area (Å²) >= 11 is 0. The van der Waals surface area contributed by atoms with Crippen LogP contribution in [0, 0.1) is 0 Å². The third-order valence-corrected chi connectivity index (χ3v) is 3.77. The predicted octanol–water partition coefficient (Wildman–Crippen LogP) is 0.149. The molecule has 18 heavy (non-hydrogen) atoms. The van der Waals surface area contributed by atoms with Crippen LogP contribution in [-0.2, 0) is 20.3 Å². The molecule has 2 fully saturated rings. The predicted molar refractivity (Wildman–Crippen MR) is 62.9 cm³/mol. The van der Waals surface area contributed by atoms with Gasteiger partial charge in [0.15, 0.2) is 6.10 Å². The zero-order valence-corrected chi connectivity index (χ0v) is 10.8. The van der Waals surface area contributed by atoms with Crippen molar-refractivity contribution in [3.63, 3.8) is 0 Å². The van der Waals surface area contributed by atoms with Crippen LogP contribution in [0.3, 0.4) is 0 Å². The first-order valence-electron chi connectivity index (χ1n) is 5.80. The zero-order valence-electron chi connectivity index (χ0n) is 9.94. The van der Waals surface area contributed by atoms with Crippen molar-refractivity contribution in [2.75, 3.05) is 19.5 Å². The summed E-state index contributed by atoms with van der Waals surface area (Å²) in [7, 11) is -1.21. The van der Waals surface area contributed by atoms with Gasteiger partial charge in [0.25, 0.3) is 0 Å². The molecular formula is C11H14N2O4S. The minimum Gasteiger partial charge on any atom is -0.469 e. The molecule has 2 aliphatic rings. The van der Waals surface area contributed by atoms with Gasteiger partial charge in [-0.1, -0.05) is 0 Å². The Morgan fingerprint density at radius 1 is 1.50 bits per heavy atom. The molecule has 3 rings (SSSR count). The van der Waals surface area contributed by atoms with Crippen molar-refractivity contribution in [2.45, 2.75) is 29.9 Å². The lowest BCUT2D eigenvalue weighted by Crippen LogP contribution is -2.32. The van der Waals surface area contributed by atoms with E-state index in [1.54, 1.807) is 12.3 Å². The molecule has 1 aromatic heterocycles. The molecule has 2 saturated heterocycles. The number of hydrogen-bond donors (Lipinski definition) is 0. The van der Waals surface area contributed by atoms with Crippen LogP contribution < -0.4 is 4.74 Å². The molecule has 3 heterocycles. The second-order valence-electron chi connectivity index (χ2n) is 4.28. The van der Waals surface area contributed by atoms with Crippen molar-refractivity contribution in [2.24, 2.45) is 0 Å². The van der Waals surface area contributed by atoms with Crippen molar-refractivity contribution < 1.29 is 18.4 Å². The fourth-order valence-electron chi connectivity index (χ4n) is 2.22. The smallest absolute Gasteiger partial charge is 0.221 e. The Labute approximate surface area is 107 Å². The van der Waals surface area contributed by atoms with Gasteiger partial charge in [-0.15, -0.1) is 0 Å². The van der Waals surface area contributed by atoms with Gasteiger partial charge in [-0.05, 0) is 6.42 Å². The van der Waals surface area contributed by atoms with E-state index in [1.165, 1.54) is 6.26 Å². The highest BCUT2D eigenvalue weighted by atomic mass is 32.2. The van der Waals surface area contributed by atoms with E-state index in [0.29, 0.717) is 19.1 Å². The van der Waals surface area contributed by atoms with Crippen molar-refractivity contribution >= 4 is 10.8 Å². The summed E-state index contributed by atoms with van der Waals surface area (Å²) in [6.45, 7) is 1.22. The molecule has 7 heteroatoms. The number of rotatable bonds is 3. The average Bonchev–Trinajstić information content (AvgIpc) is 2.94. The van der Waals surface area contributed by atoms with Crippen molar-refractivity contribution in [3.8, 4) is 5.88 Å². The lowest BCUT2D eigenvalue weighted by Gasteiger charge is -2.17. The molecule has 0 spiro atoms. The average molecular weight is 270 g/mol. The maximum atomic E-state index is 11.3. The van der Waals surface area contributed by atoms with Crippen LogP contribution in [0.1, 0.15) is 6.42 Å². The highest BCUT2D eigenvalue weighted by molar-refractivity contribution is 7.84. The van der Waals surface area contributed by atoms with Crippen LogP contribution in [0.5, 0.6) is 5.88 Å². The maximum absolute atomic E-state index is 11.3. The highest BCUT2D eigenvalue weighted by Gasteiger charge is 2.43. The molecule has 0 bridgehead atoms. The van der Waals surface area contributed by atoms with Crippen LogP contribution in [0.25, 0.3) is 0 Å². The quantitative estimate of drug-likeness (QED) is 0.728. The maximum Gasteiger partial charge on any atom is 0.221 e. The van der Waals surface area contributed by atoms with Crippen LogP contribution in [-0.4, -0.2) is 52.0 Å². The van der Waals surface area contributed by atoms with Crippen LogP contribution in [0.4, 0.5) is 0 Å². The molecule has 6 nitrogen and oxygen atoms in total. The Morgan fingerprint density at radius 3 is 3.22 bits per heavy atom. The zero-order chi connectivity index (χ0) is 12.5. The fraction of sp³-hybridized carbons (Fsp3) is 0.636. The van der Waals surface area contributed by atoms with Gasteiger partial charge < -0.3 is 14.2 Å². The topological polar surface area (TPSA) is 70.5 Å². The Bertz CT molecular complexity index is 470. The lowest BCUT2D eigenvalue weighted by molar-refractivity contribution is 0.0285. The first kappa shape index (κ1) is 12.0. The van der Waals surface area contributed by atoms with Gasteiger partial charge in [-0.2, -0.15) is 4.98 Å². The van der Waals surface area contributed by atoms with E-state index in [4.69, 9.17) is 14.2 Å². The van der Waals surface area contributed by atoms with E-state index >= 15 is 0 Å². The lowest BCUT2D eigenvalue weighted by atomic mass is 10.1. The Hall–Kier alpha value is -1.05. The molecule has 4 atom stereocenters. The first-order chi connectivity index (χ1) is 8.74. The molecule has 0 saturated carbocycles. The molecule has 3 unspecified atom stereocenters. The van der Waals surface area contributed by atoms with Gasteiger partial charge in [0, 0.05) is 25.1 Å². The molecule has 0 radical (unpaired) electrons. The summed E-state index contributed by atoms with van der Waals surface area (Å²) in [5.41, 5.74) is 0. The van der Waals surface area contributed by atoms with Crippen LogP contribution in [0.2, 0.25) is 0 Å². The van der Waals surface area contributed by atoms with Crippen molar-refractivity contribution in [3.05, 3.63) is 12.3 Å². The van der Waals surface area contributed by atoms with E-state index < -0.39 is 10.8 Å². The Morgan fingerprint density at radius 2 is 2.39 bits per heavy atom. The molecular weight excluding hydrogens is 256 g/mol. The monoisotopic (exact) mass is 270 g/mol. The minimum atomic E-state index is -1.21. The van der Waals surface area contributed by atoms with Crippen LogP contribution >= 0.6 is 0 Å². The summed E-state index contributed by atoms with van der Waals surface area (Å²) in [5, 5.41) is 0.273. The summed E-state index contributed by atoms with van der Waals surface area (Å²) in [6, 6.07) is 1.65. The molecule has 1 aromatic rings. The van der Waals surface area contributed by atoms with E-state index in [9.17, 15) is 4.21 Å². The first-order valence-corrected chi connectivity index (χ1v) is 7.36. The second-order valence-corrected chi connectivity index (χ2v) is 5.56. The third-order valence-electron chi connectivity index (χ3n) is 3.06. The fourth-order valence-corrected chi connectivity index (χ4v) is 2.64. The Kier molecular flexibility index (Phi) is 3.27. The van der Waals surface area contributed by atoms with Crippen molar-refractivity contribution in [1.29, 1.82) is 0 Å². The molecule has 2 aliphatic heterocycles. The van der Waals surface area contributed by atoms with Gasteiger partial charge in [-0.25, -0.2) is 4.98 Å². The minimum absolute atomic E-state index is 0.0180. The van der Waals surface area contributed by atoms with E-state index in [-0.39, 0.29) is 23.5 Å².